The summed E-state index contributed by atoms with van der Waals surface area (Å²) in [5.74, 6) is 0. The second-order valence-corrected chi connectivity index (χ2v) is 6.68. The number of hydrogen-bond acceptors (Lipinski definition) is 5. The van der Waals surface area contributed by atoms with E-state index in [1.165, 1.54) is 24.3 Å². The van der Waals surface area contributed by atoms with Gasteiger partial charge >= 0.3 is 0 Å². The number of benzene rings is 2. The summed E-state index contributed by atoms with van der Waals surface area (Å²) in [6, 6.07) is 12.5. The van der Waals surface area contributed by atoms with Gasteiger partial charge in [-0.1, -0.05) is 36.5 Å². The van der Waals surface area contributed by atoms with Gasteiger partial charge in [-0.15, -0.1) is 13.2 Å². The summed E-state index contributed by atoms with van der Waals surface area (Å²) >= 11 is 0. The van der Waals surface area contributed by atoms with Crippen LogP contribution in [0.1, 0.15) is 24.0 Å². The van der Waals surface area contributed by atoms with Crippen LogP contribution < -0.4 is 0 Å². The quantitative estimate of drug-likeness (QED) is 0.234. The number of non-ortho nitro benzene ring substituents is 2. The van der Waals surface area contributed by atoms with Crippen molar-refractivity contribution >= 4 is 23.5 Å². The number of nitro benzene ring substituents is 2. The molecule has 2 aromatic rings. The average Bonchev–Trinajstić information content (AvgIpc) is 2.76. The summed E-state index contributed by atoms with van der Waals surface area (Å²) in [4.78, 5) is 20.7. The molecule has 0 aliphatic carbocycles. The minimum absolute atomic E-state index is 0.0402. The van der Waals surface area contributed by atoms with Crippen molar-refractivity contribution in [3.8, 4) is 0 Å². The van der Waals surface area contributed by atoms with E-state index in [4.69, 9.17) is 4.74 Å². The molecule has 0 N–H and O–H groups in total. The first-order chi connectivity index (χ1) is 14.9. The van der Waals surface area contributed by atoms with Crippen LogP contribution in [0.3, 0.4) is 0 Å². The monoisotopic (exact) mass is 420 g/mol. The van der Waals surface area contributed by atoms with Gasteiger partial charge < -0.3 is 4.74 Å². The van der Waals surface area contributed by atoms with E-state index in [-0.39, 0.29) is 23.6 Å². The highest BCUT2D eigenvalue weighted by atomic mass is 16.6. The molecule has 0 fully saturated rings. The SMILES string of the molecule is C=CCC(C=Cc1ccc([N+](=O)[O-])cc1)OC(C=Cc1ccc([N+](=O)[O-])cc1)CC=C. The summed E-state index contributed by atoms with van der Waals surface area (Å²) in [5, 5.41) is 21.5. The van der Waals surface area contributed by atoms with Gasteiger partial charge in [0.15, 0.2) is 0 Å². The maximum atomic E-state index is 10.8. The van der Waals surface area contributed by atoms with Gasteiger partial charge in [0, 0.05) is 24.3 Å². The molecule has 0 heterocycles. The van der Waals surface area contributed by atoms with Crippen LogP contribution in [-0.2, 0) is 4.74 Å². The molecule has 0 spiro atoms. The van der Waals surface area contributed by atoms with Gasteiger partial charge in [-0.25, -0.2) is 0 Å². The molecule has 0 amide bonds. The topological polar surface area (TPSA) is 95.5 Å². The first-order valence-electron chi connectivity index (χ1n) is 9.65. The summed E-state index contributed by atoms with van der Waals surface area (Å²) in [6.07, 6.45) is 11.7. The minimum atomic E-state index is -0.436. The Morgan fingerprint density at radius 1 is 0.742 bits per heavy atom. The van der Waals surface area contributed by atoms with E-state index in [1.807, 2.05) is 24.3 Å². The Kier molecular flexibility index (Phi) is 9.07. The molecule has 31 heavy (non-hydrogen) atoms. The third kappa shape index (κ3) is 7.83. The predicted octanol–water partition coefficient (Wildman–Crippen LogP) is 6.14. The fourth-order valence-electron chi connectivity index (χ4n) is 2.76. The molecule has 0 aromatic heterocycles. The molecule has 2 atom stereocenters. The highest BCUT2D eigenvalue weighted by Gasteiger charge is 2.11. The second-order valence-electron chi connectivity index (χ2n) is 6.68. The maximum Gasteiger partial charge on any atom is 0.269 e. The number of nitro groups is 2. The Bertz CT molecular complexity index is 883. The highest BCUT2D eigenvalue weighted by Crippen LogP contribution is 2.17. The van der Waals surface area contributed by atoms with Gasteiger partial charge in [-0.3, -0.25) is 20.2 Å². The summed E-state index contributed by atoms with van der Waals surface area (Å²) in [7, 11) is 0. The molecule has 0 saturated heterocycles. The minimum Gasteiger partial charge on any atom is -0.366 e. The van der Waals surface area contributed by atoms with E-state index >= 15 is 0 Å². The lowest BCUT2D eigenvalue weighted by Crippen LogP contribution is -2.18. The molecule has 7 heteroatoms. The van der Waals surface area contributed by atoms with Gasteiger partial charge in [0.2, 0.25) is 0 Å². The van der Waals surface area contributed by atoms with E-state index in [2.05, 4.69) is 13.2 Å². The first kappa shape index (κ1) is 23.4. The average molecular weight is 420 g/mol. The number of nitrogens with zero attached hydrogens (tertiary/aromatic N) is 2. The molecular weight excluding hydrogens is 396 g/mol. The Morgan fingerprint density at radius 2 is 1.10 bits per heavy atom. The second kappa shape index (κ2) is 12.0. The number of rotatable bonds is 12. The largest absolute Gasteiger partial charge is 0.366 e. The molecule has 0 saturated carbocycles. The van der Waals surface area contributed by atoms with Crippen LogP contribution in [0.4, 0.5) is 11.4 Å². The van der Waals surface area contributed by atoms with Crippen molar-refractivity contribution in [1.29, 1.82) is 0 Å². The van der Waals surface area contributed by atoms with Crippen LogP contribution in [0.25, 0.3) is 12.2 Å². The first-order valence-corrected chi connectivity index (χ1v) is 9.65. The molecule has 2 aromatic carbocycles. The summed E-state index contributed by atoms with van der Waals surface area (Å²) in [5.41, 5.74) is 1.73. The molecule has 0 radical (unpaired) electrons. The molecule has 2 unspecified atom stereocenters. The van der Waals surface area contributed by atoms with Crippen LogP contribution in [0, 0.1) is 20.2 Å². The van der Waals surface area contributed by atoms with Crippen LogP contribution in [-0.4, -0.2) is 22.1 Å². The smallest absolute Gasteiger partial charge is 0.269 e. The van der Waals surface area contributed by atoms with Crippen LogP contribution in [0.5, 0.6) is 0 Å². The van der Waals surface area contributed by atoms with Gasteiger partial charge in [0.25, 0.3) is 11.4 Å². The van der Waals surface area contributed by atoms with Crippen molar-refractivity contribution in [1.82, 2.24) is 0 Å². The zero-order valence-corrected chi connectivity index (χ0v) is 17.0. The zero-order valence-electron chi connectivity index (χ0n) is 17.0. The summed E-state index contributed by atoms with van der Waals surface area (Å²) < 4.78 is 6.17. The van der Waals surface area contributed by atoms with E-state index in [9.17, 15) is 20.2 Å². The lowest BCUT2D eigenvalue weighted by molar-refractivity contribution is -0.385. The van der Waals surface area contributed by atoms with Gasteiger partial charge in [-0.2, -0.15) is 0 Å². The van der Waals surface area contributed by atoms with Gasteiger partial charge in [-0.05, 0) is 48.2 Å². The van der Waals surface area contributed by atoms with E-state index in [0.717, 1.165) is 11.1 Å². The van der Waals surface area contributed by atoms with Crippen LogP contribution in [0.15, 0.2) is 86.0 Å². The molecule has 0 aliphatic heterocycles. The molecular formula is C24H24N2O5. The highest BCUT2D eigenvalue weighted by molar-refractivity contribution is 5.53. The summed E-state index contributed by atoms with van der Waals surface area (Å²) in [6.45, 7) is 7.55. The van der Waals surface area contributed by atoms with Crippen LogP contribution >= 0.6 is 0 Å². The number of hydrogen-bond donors (Lipinski definition) is 0. The van der Waals surface area contributed by atoms with Crippen molar-refractivity contribution in [3.63, 3.8) is 0 Å². The lowest BCUT2D eigenvalue weighted by Gasteiger charge is -2.19. The van der Waals surface area contributed by atoms with Gasteiger partial charge in [0.05, 0.1) is 22.1 Å². The Morgan fingerprint density at radius 3 is 1.39 bits per heavy atom. The van der Waals surface area contributed by atoms with Crippen molar-refractivity contribution < 1.29 is 14.6 Å². The van der Waals surface area contributed by atoms with E-state index in [1.54, 1.807) is 36.4 Å². The molecule has 0 aliphatic rings. The third-order valence-electron chi connectivity index (χ3n) is 4.36. The molecule has 2 rings (SSSR count). The van der Waals surface area contributed by atoms with E-state index < -0.39 is 9.85 Å². The fourth-order valence-corrected chi connectivity index (χ4v) is 2.76. The zero-order chi connectivity index (χ0) is 22.6. The van der Waals surface area contributed by atoms with Crippen molar-refractivity contribution in [3.05, 3.63) is 117 Å². The standard InChI is InChI=1S/C24H24N2O5/c1-3-5-23(17-11-19-7-13-21(14-8-19)25(27)28)31-24(6-4-2)18-12-20-9-15-22(16-10-20)26(29)30/h3-4,7-18,23-24H,1-2,5-6H2. The molecule has 160 valence electrons. The maximum absolute atomic E-state index is 10.8. The fraction of sp³-hybridized carbons (Fsp3) is 0.167. The molecule has 7 nitrogen and oxygen atoms in total. The third-order valence-corrected chi connectivity index (χ3v) is 4.36. The number of ether oxygens (including phenoxy) is 1. The normalized spacial score (nSPS) is 13.2. The predicted molar refractivity (Wildman–Crippen MR) is 123 cm³/mol. The molecule has 0 bridgehead atoms. The Balaban J connectivity index is 2.08. The Hall–Kier alpha value is -3.84. The van der Waals surface area contributed by atoms with Crippen molar-refractivity contribution in [2.75, 3.05) is 0 Å². The Labute approximate surface area is 181 Å². The van der Waals surface area contributed by atoms with Gasteiger partial charge in [0.1, 0.15) is 0 Å². The van der Waals surface area contributed by atoms with Crippen molar-refractivity contribution in [2.24, 2.45) is 0 Å². The van der Waals surface area contributed by atoms with E-state index in [0.29, 0.717) is 12.8 Å². The van der Waals surface area contributed by atoms with Crippen LogP contribution in [0.2, 0.25) is 0 Å². The lowest BCUT2D eigenvalue weighted by atomic mass is 10.1. The van der Waals surface area contributed by atoms with Crippen molar-refractivity contribution in [2.45, 2.75) is 25.0 Å².